The Bertz CT molecular complexity index is 940. The highest BCUT2D eigenvalue weighted by Gasteiger charge is 2.34. The molecule has 1 saturated heterocycles. The molecule has 0 unspecified atom stereocenters. The number of rotatable bonds is 6. The fourth-order valence-corrected chi connectivity index (χ4v) is 3.08. The molecule has 1 aromatic carbocycles. The van der Waals surface area contributed by atoms with Crippen LogP contribution in [-0.4, -0.2) is 28.2 Å². The van der Waals surface area contributed by atoms with Gasteiger partial charge in [-0.1, -0.05) is 0 Å². The number of anilines is 1. The van der Waals surface area contributed by atoms with Crippen LogP contribution in [0.25, 0.3) is 0 Å². The molecule has 4 rings (SSSR count). The SMILES string of the molecule is O=C(Nc1ccc(Oc2ccncc2)cc1)[C@@H]1CC(=O)N(Cc2ccco2)C1. The van der Waals surface area contributed by atoms with Gasteiger partial charge in [0, 0.05) is 31.0 Å². The molecule has 142 valence electrons. The molecule has 1 fully saturated rings. The first-order chi connectivity index (χ1) is 13.7. The second-order valence-electron chi connectivity index (χ2n) is 6.55. The number of aromatic nitrogens is 1. The van der Waals surface area contributed by atoms with Crippen LogP contribution in [0.2, 0.25) is 0 Å². The molecular formula is C21H19N3O4. The Morgan fingerprint density at radius 2 is 1.89 bits per heavy atom. The molecular weight excluding hydrogens is 358 g/mol. The monoisotopic (exact) mass is 377 g/mol. The summed E-state index contributed by atoms with van der Waals surface area (Å²) in [6.07, 6.45) is 5.09. The van der Waals surface area contributed by atoms with Gasteiger partial charge in [-0.15, -0.1) is 0 Å². The van der Waals surface area contributed by atoms with E-state index in [-0.39, 0.29) is 24.2 Å². The molecule has 0 spiro atoms. The molecule has 3 heterocycles. The van der Waals surface area contributed by atoms with Gasteiger partial charge in [-0.05, 0) is 48.5 Å². The van der Waals surface area contributed by atoms with Crippen molar-refractivity contribution < 1.29 is 18.7 Å². The van der Waals surface area contributed by atoms with E-state index in [0.717, 1.165) is 0 Å². The number of nitrogens with zero attached hydrogens (tertiary/aromatic N) is 2. The van der Waals surface area contributed by atoms with Crippen LogP contribution in [0.1, 0.15) is 12.2 Å². The lowest BCUT2D eigenvalue weighted by Gasteiger charge is -2.15. The summed E-state index contributed by atoms with van der Waals surface area (Å²) in [5, 5.41) is 2.87. The summed E-state index contributed by atoms with van der Waals surface area (Å²) in [6.45, 7) is 0.769. The number of benzene rings is 1. The first-order valence-corrected chi connectivity index (χ1v) is 8.96. The minimum Gasteiger partial charge on any atom is -0.467 e. The minimum absolute atomic E-state index is 0.0438. The Kier molecular flexibility index (Phi) is 5.05. The second kappa shape index (κ2) is 7.96. The Morgan fingerprint density at radius 1 is 1.14 bits per heavy atom. The highest BCUT2D eigenvalue weighted by atomic mass is 16.5. The number of ether oxygens (including phenoxy) is 1. The summed E-state index contributed by atoms with van der Waals surface area (Å²) in [7, 11) is 0. The Balaban J connectivity index is 1.33. The number of nitrogens with one attached hydrogen (secondary N) is 1. The molecule has 1 aliphatic rings. The van der Waals surface area contributed by atoms with Crippen LogP contribution in [0.5, 0.6) is 11.5 Å². The number of likely N-dealkylation sites (tertiary alicyclic amines) is 1. The molecule has 2 amide bonds. The molecule has 2 aromatic heterocycles. The first-order valence-electron chi connectivity index (χ1n) is 8.96. The lowest BCUT2D eigenvalue weighted by atomic mass is 10.1. The zero-order valence-electron chi connectivity index (χ0n) is 15.1. The highest BCUT2D eigenvalue weighted by Crippen LogP contribution is 2.24. The van der Waals surface area contributed by atoms with Crippen LogP contribution < -0.4 is 10.1 Å². The van der Waals surface area contributed by atoms with Crippen molar-refractivity contribution in [2.75, 3.05) is 11.9 Å². The van der Waals surface area contributed by atoms with E-state index in [4.69, 9.17) is 9.15 Å². The fourth-order valence-electron chi connectivity index (χ4n) is 3.08. The number of carbonyl (C=O) groups is 2. The van der Waals surface area contributed by atoms with Crippen LogP contribution in [0.4, 0.5) is 5.69 Å². The van der Waals surface area contributed by atoms with Crippen LogP contribution in [0, 0.1) is 5.92 Å². The first kappa shape index (κ1) is 17.8. The average Bonchev–Trinajstić information content (AvgIpc) is 3.35. The van der Waals surface area contributed by atoms with Gasteiger partial charge < -0.3 is 19.4 Å². The normalized spacial score (nSPS) is 16.2. The summed E-state index contributed by atoms with van der Waals surface area (Å²) in [4.78, 5) is 30.3. The van der Waals surface area contributed by atoms with Gasteiger partial charge in [0.05, 0.1) is 18.7 Å². The standard InChI is InChI=1S/C21H19N3O4/c25-20-12-15(13-24(20)14-19-2-1-11-27-19)21(26)23-16-3-5-17(6-4-16)28-18-7-9-22-10-8-18/h1-11,15H,12-14H2,(H,23,26)/t15-/m1/s1. The van der Waals surface area contributed by atoms with E-state index in [9.17, 15) is 9.59 Å². The van der Waals surface area contributed by atoms with E-state index in [2.05, 4.69) is 10.3 Å². The van der Waals surface area contributed by atoms with Crippen molar-refractivity contribution in [2.45, 2.75) is 13.0 Å². The molecule has 1 atom stereocenters. The average molecular weight is 377 g/mol. The topological polar surface area (TPSA) is 84.7 Å². The number of hydrogen-bond acceptors (Lipinski definition) is 5. The maximum atomic E-state index is 12.5. The molecule has 0 aliphatic carbocycles. The van der Waals surface area contributed by atoms with Crippen molar-refractivity contribution in [3.8, 4) is 11.5 Å². The van der Waals surface area contributed by atoms with E-state index in [1.165, 1.54) is 0 Å². The third kappa shape index (κ3) is 4.20. The molecule has 3 aromatic rings. The van der Waals surface area contributed by atoms with Gasteiger partial charge in [0.25, 0.3) is 0 Å². The van der Waals surface area contributed by atoms with Gasteiger partial charge in [0.15, 0.2) is 0 Å². The predicted molar refractivity (Wildman–Crippen MR) is 102 cm³/mol. The van der Waals surface area contributed by atoms with Crippen LogP contribution in [-0.2, 0) is 16.1 Å². The van der Waals surface area contributed by atoms with Crippen molar-refractivity contribution in [2.24, 2.45) is 5.92 Å². The zero-order valence-corrected chi connectivity index (χ0v) is 15.1. The summed E-state index contributed by atoms with van der Waals surface area (Å²) in [5.41, 5.74) is 0.656. The summed E-state index contributed by atoms with van der Waals surface area (Å²) < 4.78 is 11.0. The maximum Gasteiger partial charge on any atom is 0.229 e. The van der Waals surface area contributed by atoms with E-state index in [1.54, 1.807) is 66.0 Å². The number of hydrogen-bond donors (Lipinski definition) is 1. The molecule has 0 bridgehead atoms. The van der Waals surface area contributed by atoms with E-state index in [0.29, 0.717) is 36.0 Å². The Hall–Kier alpha value is -3.61. The predicted octanol–water partition coefficient (Wildman–Crippen LogP) is 3.45. The Labute approximate surface area is 161 Å². The fraction of sp³-hybridized carbons (Fsp3) is 0.190. The minimum atomic E-state index is -0.379. The van der Waals surface area contributed by atoms with E-state index < -0.39 is 0 Å². The zero-order chi connectivity index (χ0) is 19.3. The molecule has 7 nitrogen and oxygen atoms in total. The van der Waals surface area contributed by atoms with Crippen molar-refractivity contribution in [1.29, 1.82) is 0 Å². The number of amides is 2. The van der Waals surface area contributed by atoms with Crippen LogP contribution in [0.15, 0.2) is 71.6 Å². The molecule has 1 N–H and O–H groups in total. The third-order valence-corrected chi connectivity index (χ3v) is 4.52. The third-order valence-electron chi connectivity index (χ3n) is 4.52. The largest absolute Gasteiger partial charge is 0.467 e. The quantitative estimate of drug-likeness (QED) is 0.711. The number of furan rings is 1. The van der Waals surface area contributed by atoms with E-state index >= 15 is 0 Å². The number of carbonyl (C=O) groups excluding carboxylic acids is 2. The molecule has 0 saturated carbocycles. The van der Waals surface area contributed by atoms with Gasteiger partial charge in [-0.2, -0.15) is 0 Å². The summed E-state index contributed by atoms with van der Waals surface area (Å²) >= 11 is 0. The van der Waals surface area contributed by atoms with Crippen molar-refractivity contribution >= 4 is 17.5 Å². The van der Waals surface area contributed by atoms with Crippen LogP contribution in [0.3, 0.4) is 0 Å². The van der Waals surface area contributed by atoms with Gasteiger partial charge >= 0.3 is 0 Å². The molecule has 7 heteroatoms. The maximum absolute atomic E-state index is 12.5. The van der Waals surface area contributed by atoms with Gasteiger partial charge in [0.2, 0.25) is 11.8 Å². The van der Waals surface area contributed by atoms with Crippen LogP contribution >= 0.6 is 0 Å². The second-order valence-corrected chi connectivity index (χ2v) is 6.55. The summed E-state index contributed by atoms with van der Waals surface area (Å²) in [5.74, 6) is 1.46. The molecule has 28 heavy (non-hydrogen) atoms. The Morgan fingerprint density at radius 3 is 2.61 bits per heavy atom. The van der Waals surface area contributed by atoms with Gasteiger partial charge in [0.1, 0.15) is 17.3 Å². The molecule has 0 radical (unpaired) electrons. The lowest BCUT2D eigenvalue weighted by molar-refractivity contribution is -0.128. The molecule has 1 aliphatic heterocycles. The van der Waals surface area contributed by atoms with Crippen molar-refractivity contribution in [1.82, 2.24) is 9.88 Å². The van der Waals surface area contributed by atoms with E-state index in [1.807, 2.05) is 6.07 Å². The lowest BCUT2D eigenvalue weighted by Crippen LogP contribution is -2.27. The van der Waals surface area contributed by atoms with Crippen molar-refractivity contribution in [3.05, 3.63) is 72.9 Å². The van der Waals surface area contributed by atoms with Gasteiger partial charge in [-0.25, -0.2) is 0 Å². The summed E-state index contributed by atoms with van der Waals surface area (Å²) in [6, 6.07) is 14.2. The number of pyridine rings is 1. The smallest absolute Gasteiger partial charge is 0.229 e. The highest BCUT2D eigenvalue weighted by molar-refractivity contribution is 5.97. The van der Waals surface area contributed by atoms with Crippen molar-refractivity contribution in [3.63, 3.8) is 0 Å². The van der Waals surface area contributed by atoms with Gasteiger partial charge in [-0.3, -0.25) is 14.6 Å².